The second-order valence-electron chi connectivity index (χ2n) is 6.44. The van der Waals surface area contributed by atoms with Gasteiger partial charge in [0.2, 0.25) is 11.8 Å². The van der Waals surface area contributed by atoms with Gasteiger partial charge in [0.25, 0.3) is 0 Å². The number of piperidine rings is 1. The van der Waals surface area contributed by atoms with Gasteiger partial charge >= 0.3 is 6.18 Å². The van der Waals surface area contributed by atoms with Crippen LogP contribution in [0.15, 0.2) is 0 Å². The summed E-state index contributed by atoms with van der Waals surface area (Å²) in [4.78, 5) is 27.2. The Balaban J connectivity index is 1.93. The molecule has 0 radical (unpaired) electrons. The van der Waals surface area contributed by atoms with Gasteiger partial charge in [-0.1, -0.05) is 6.92 Å². The number of amides is 2. The first-order chi connectivity index (χ1) is 10.7. The third-order valence-electron chi connectivity index (χ3n) is 5.13. The van der Waals surface area contributed by atoms with Crippen LogP contribution >= 0.6 is 0 Å². The summed E-state index contributed by atoms with van der Waals surface area (Å²) in [5.74, 6) is -0.501. The monoisotopic (exact) mass is 336 g/mol. The predicted octanol–water partition coefficient (Wildman–Crippen LogP) is 1.41. The van der Waals surface area contributed by atoms with Gasteiger partial charge < -0.3 is 14.9 Å². The molecule has 0 aliphatic carbocycles. The van der Waals surface area contributed by atoms with Crippen LogP contribution in [-0.2, 0) is 9.59 Å². The largest absolute Gasteiger partial charge is 0.396 e. The molecule has 2 fully saturated rings. The van der Waals surface area contributed by atoms with E-state index in [1.54, 1.807) is 11.8 Å². The van der Waals surface area contributed by atoms with Crippen LogP contribution < -0.4 is 0 Å². The van der Waals surface area contributed by atoms with Crippen molar-refractivity contribution in [3.8, 4) is 0 Å². The normalized spacial score (nSPS) is 24.8. The van der Waals surface area contributed by atoms with Crippen molar-refractivity contribution >= 4 is 11.8 Å². The number of carbonyl (C=O) groups is 2. The van der Waals surface area contributed by atoms with E-state index in [0.29, 0.717) is 25.9 Å². The van der Waals surface area contributed by atoms with E-state index in [1.807, 2.05) is 0 Å². The minimum absolute atomic E-state index is 0.00285. The minimum Gasteiger partial charge on any atom is -0.395 e. The summed E-state index contributed by atoms with van der Waals surface area (Å²) in [6.07, 6.45) is -4.07. The molecule has 2 aliphatic heterocycles. The maximum absolute atomic E-state index is 13.1. The highest BCUT2D eigenvalue weighted by Crippen LogP contribution is 2.46. The van der Waals surface area contributed by atoms with Crippen LogP contribution in [0.4, 0.5) is 13.2 Å². The van der Waals surface area contributed by atoms with Crippen LogP contribution in [0.3, 0.4) is 0 Å². The van der Waals surface area contributed by atoms with E-state index in [4.69, 9.17) is 5.11 Å². The summed E-state index contributed by atoms with van der Waals surface area (Å²) in [6, 6.07) is 0. The summed E-state index contributed by atoms with van der Waals surface area (Å²) >= 11 is 0. The van der Waals surface area contributed by atoms with Gasteiger partial charge in [-0.25, -0.2) is 0 Å². The van der Waals surface area contributed by atoms with Crippen molar-refractivity contribution in [3.05, 3.63) is 0 Å². The standard InChI is InChI=1S/C15H23F3N2O3/c1-2-12(22)20-6-3-11(9-20)13(23)19-7-4-14(10-21,5-8-19)15(16,17)18/h11,21H,2-10H2,1H3. The molecule has 2 amide bonds. The van der Waals surface area contributed by atoms with Gasteiger partial charge in [-0.2, -0.15) is 13.2 Å². The van der Waals surface area contributed by atoms with Crippen molar-refractivity contribution in [2.75, 3.05) is 32.8 Å². The number of carbonyl (C=O) groups excluding carboxylic acids is 2. The molecule has 1 N–H and O–H groups in total. The summed E-state index contributed by atoms with van der Waals surface area (Å²) in [7, 11) is 0. The van der Waals surface area contributed by atoms with Crippen molar-refractivity contribution < 1.29 is 27.9 Å². The van der Waals surface area contributed by atoms with Gasteiger partial charge in [0.1, 0.15) is 0 Å². The number of hydrogen-bond acceptors (Lipinski definition) is 3. The molecule has 0 spiro atoms. The van der Waals surface area contributed by atoms with Crippen LogP contribution in [0, 0.1) is 11.3 Å². The molecule has 0 aromatic heterocycles. The molecular formula is C15H23F3N2O3. The molecule has 2 rings (SSSR count). The molecule has 0 aromatic rings. The Morgan fingerprint density at radius 3 is 2.26 bits per heavy atom. The molecule has 1 unspecified atom stereocenters. The number of halogens is 3. The van der Waals surface area contributed by atoms with E-state index in [9.17, 15) is 22.8 Å². The molecular weight excluding hydrogens is 313 g/mol. The fourth-order valence-corrected chi connectivity index (χ4v) is 3.36. The van der Waals surface area contributed by atoms with E-state index in [1.165, 1.54) is 4.90 Å². The van der Waals surface area contributed by atoms with Gasteiger partial charge in [0, 0.05) is 32.6 Å². The summed E-state index contributed by atoms with van der Waals surface area (Å²) < 4.78 is 39.3. The maximum atomic E-state index is 13.1. The summed E-state index contributed by atoms with van der Waals surface area (Å²) in [5.41, 5.74) is -2.09. The van der Waals surface area contributed by atoms with E-state index < -0.39 is 18.2 Å². The fraction of sp³-hybridized carbons (Fsp3) is 0.867. The molecule has 8 heteroatoms. The molecule has 2 aliphatic rings. The van der Waals surface area contributed by atoms with Crippen molar-refractivity contribution in [1.29, 1.82) is 0 Å². The number of rotatable bonds is 3. The highest BCUT2D eigenvalue weighted by molar-refractivity contribution is 5.82. The van der Waals surface area contributed by atoms with Gasteiger partial charge in [0.15, 0.2) is 0 Å². The molecule has 5 nitrogen and oxygen atoms in total. The number of hydrogen-bond donors (Lipinski definition) is 1. The Bertz CT molecular complexity index is 459. The quantitative estimate of drug-likeness (QED) is 0.848. The molecule has 2 saturated heterocycles. The second-order valence-corrected chi connectivity index (χ2v) is 6.44. The van der Waals surface area contributed by atoms with E-state index >= 15 is 0 Å². The van der Waals surface area contributed by atoms with Crippen molar-refractivity contribution in [2.45, 2.75) is 38.8 Å². The number of aliphatic hydroxyl groups excluding tert-OH is 1. The first kappa shape index (κ1) is 18.0. The average molecular weight is 336 g/mol. The third-order valence-corrected chi connectivity index (χ3v) is 5.13. The Kier molecular flexibility index (Phi) is 5.23. The third kappa shape index (κ3) is 3.46. The lowest BCUT2D eigenvalue weighted by atomic mass is 9.78. The molecule has 132 valence electrons. The molecule has 0 bridgehead atoms. The topological polar surface area (TPSA) is 60.9 Å². The van der Waals surface area contributed by atoms with Crippen LogP contribution in [0.25, 0.3) is 0 Å². The number of nitrogens with zero attached hydrogens (tertiary/aromatic N) is 2. The van der Waals surface area contributed by atoms with Crippen molar-refractivity contribution in [2.24, 2.45) is 11.3 Å². The smallest absolute Gasteiger partial charge is 0.395 e. The highest BCUT2D eigenvalue weighted by Gasteiger charge is 2.55. The van der Waals surface area contributed by atoms with Crippen molar-refractivity contribution in [1.82, 2.24) is 9.80 Å². The maximum Gasteiger partial charge on any atom is 0.396 e. The van der Waals surface area contributed by atoms with Crippen molar-refractivity contribution in [3.63, 3.8) is 0 Å². The SMILES string of the molecule is CCC(=O)N1CCC(C(=O)N2CCC(CO)(C(F)(F)F)CC2)C1. The zero-order chi connectivity index (χ0) is 17.3. The van der Waals surface area contributed by atoms with Gasteiger partial charge in [-0.3, -0.25) is 9.59 Å². The van der Waals surface area contributed by atoms with Crippen LogP contribution in [0.5, 0.6) is 0 Å². The fourth-order valence-electron chi connectivity index (χ4n) is 3.36. The van der Waals surface area contributed by atoms with Gasteiger partial charge in [-0.05, 0) is 19.3 Å². The van der Waals surface area contributed by atoms with Crippen LogP contribution in [0.1, 0.15) is 32.6 Å². The summed E-state index contributed by atoms with van der Waals surface area (Å²) in [6.45, 7) is 1.69. The van der Waals surface area contributed by atoms with E-state index in [0.717, 1.165) is 0 Å². The number of aliphatic hydroxyl groups is 1. The average Bonchev–Trinajstić information content (AvgIpc) is 3.02. The van der Waals surface area contributed by atoms with Gasteiger partial charge in [-0.15, -0.1) is 0 Å². The Hall–Kier alpha value is -1.31. The molecule has 0 saturated carbocycles. The van der Waals surface area contributed by atoms with Crippen LogP contribution in [0.2, 0.25) is 0 Å². The first-order valence-electron chi connectivity index (χ1n) is 7.98. The van der Waals surface area contributed by atoms with E-state index in [2.05, 4.69) is 0 Å². The highest BCUT2D eigenvalue weighted by atomic mass is 19.4. The lowest BCUT2D eigenvalue weighted by molar-refractivity contribution is -0.248. The Morgan fingerprint density at radius 2 is 1.78 bits per heavy atom. The first-order valence-corrected chi connectivity index (χ1v) is 7.98. The van der Waals surface area contributed by atoms with Crippen LogP contribution in [-0.4, -0.2) is 65.7 Å². The van der Waals surface area contributed by atoms with E-state index in [-0.39, 0.29) is 43.7 Å². The lowest BCUT2D eigenvalue weighted by Gasteiger charge is -2.42. The second kappa shape index (κ2) is 6.67. The minimum atomic E-state index is -4.46. The van der Waals surface area contributed by atoms with Gasteiger partial charge in [0.05, 0.1) is 17.9 Å². The Morgan fingerprint density at radius 1 is 1.17 bits per heavy atom. The number of likely N-dealkylation sites (tertiary alicyclic amines) is 2. The zero-order valence-corrected chi connectivity index (χ0v) is 13.2. The number of alkyl halides is 3. The molecule has 0 aromatic carbocycles. The summed E-state index contributed by atoms with van der Waals surface area (Å²) in [5, 5.41) is 9.17. The predicted molar refractivity (Wildman–Crippen MR) is 76.4 cm³/mol. The molecule has 2 heterocycles. The Labute approximate surface area is 133 Å². The lowest BCUT2D eigenvalue weighted by Crippen LogP contribution is -2.52. The molecule has 1 atom stereocenters. The molecule has 23 heavy (non-hydrogen) atoms. The zero-order valence-electron chi connectivity index (χ0n) is 13.2.